The first-order chi connectivity index (χ1) is 8.52. The molecule has 1 heterocycles. The lowest BCUT2D eigenvalue weighted by molar-refractivity contribution is -0.140. The standard InChI is InChI=1S/C13H24N2O3/c1-13(18-2)6-3-7-15(9-13)8-11(12(16)17)14-10-4-5-10/h10-11,14H,3-9H2,1-2H3,(H,16,17). The van der Waals surface area contributed by atoms with Crippen molar-refractivity contribution in [2.45, 2.75) is 50.3 Å². The van der Waals surface area contributed by atoms with Gasteiger partial charge in [-0.05, 0) is 39.2 Å². The van der Waals surface area contributed by atoms with Crippen LogP contribution in [0, 0.1) is 0 Å². The fourth-order valence-corrected chi connectivity index (χ4v) is 2.62. The number of hydrogen-bond donors (Lipinski definition) is 2. The van der Waals surface area contributed by atoms with Gasteiger partial charge in [0.1, 0.15) is 6.04 Å². The third kappa shape index (κ3) is 3.67. The van der Waals surface area contributed by atoms with Gasteiger partial charge in [0.2, 0.25) is 0 Å². The van der Waals surface area contributed by atoms with Gasteiger partial charge in [0.25, 0.3) is 0 Å². The van der Waals surface area contributed by atoms with Gasteiger partial charge in [-0.15, -0.1) is 0 Å². The Bertz CT molecular complexity index is 307. The second-order valence-electron chi connectivity index (χ2n) is 5.82. The van der Waals surface area contributed by atoms with Gasteiger partial charge in [-0.25, -0.2) is 0 Å². The van der Waals surface area contributed by atoms with Crippen LogP contribution in [0.1, 0.15) is 32.6 Å². The third-order valence-corrected chi connectivity index (χ3v) is 3.98. The fraction of sp³-hybridized carbons (Fsp3) is 0.923. The number of nitrogens with one attached hydrogen (secondary N) is 1. The first-order valence-electron chi connectivity index (χ1n) is 6.79. The van der Waals surface area contributed by atoms with E-state index in [-0.39, 0.29) is 5.60 Å². The van der Waals surface area contributed by atoms with Crippen LogP contribution in [0.15, 0.2) is 0 Å². The Labute approximate surface area is 108 Å². The highest BCUT2D eigenvalue weighted by Gasteiger charge is 2.34. The monoisotopic (exact) mass is 256 g/mol. The van der Waals surface area contributed by atoms with E-state index in [4.69, 9.17) is 4.74 Å². The van der Waals surface area contributed by atoms with E-state index in [0.717, 1.165) is 38.8 Å². The molecule has 2 rings (SSSR count). The third-order valence-electron chi connectivity index (χ3n) is 3.98. The van der Waals surface area contributed by atoms with Gasteiger partial charge in [-0.3, -0.25) is 9.69 Å². The summed E-state index contributed by atoms with van der Waals surface area (Å²) < 4.78 is 5.53. The average Bonchev–Trinajstić information content (AvgIpc) is 3.12. The lowest BCUT2D eigenvalue weighted by atomic mass is 9.94. The van der Waals surface area contributed by atoms with Gasteiger partial charge in [0.05, 0.1) is 5.60 Å². The van der Waals surface area contributed by atoms with Crippen LogP contribution in [0.25, 0.3) is 0 Å². The molecule has 104 valence electrons. The highest BCUT2D eigenvalue weighted by molar-refractivity contribution is 5.73. The summed E-state index contributed by atoms with van der Waals surface area (Å²) in [6, 6.07) is -0.0265. The topological polar surface area (TPSA) is 61.8 Å². The first kappa shape index (κ1) is 13.8. The molecule has 5 nitrogen and oxygen atoms in total. The van der Waals surface area contributed by atoms with Crippen LogP contribution >= 0.6 is 0 Å². The molecule has 1 saturated carbocycles. The molecule has 1 aliphatic heterocycles. The quantitative estimate of drug-likeness (QED) is 0.732. The van der Waals surface area contributed by atoms with Crippen molar-refractivity contribution < 1.29 is 14.6 Å². The number of carboxylic acid groups (broad SMARTS) is 1. The number of nitrogens with zero attached hydrogens (tertiary/aromatic N) is 1. The summed E-state index contributed by atoms with van der Waals surface area (Å²) in [5.74, 6) is -0.744. The zero-order chi connectivity index (χ0) is 13.2. The highest BCUT2D eigenvalue weighted by atomic mass is 16.5. The van der Waals surface area contributed by atoms with Gasteiger partial charge < -0.3 is 15.2 Å². The predicted molar refractivity (Wildman–Crippen MR) is 68.7 cm³/mol. The Morgan fingerprint density at radius 2 is 2.33 bits per heavy atom. The Balaban J connectivity index is 1.87. The molecule has 0 bridgehead atoms. The second kappa shape index (κ2) is 5.55. The Hall–Kier alpha value is -0.650. The van der Waals surface area contributed by atoms with E-state index in [2.05, 4.69) is 17.1 Å². The van der Waals surface area contributed by atoms with E-state index in [1.807, 2.05) is 0 Å². The first-order valence-corrected chi connectivity index (χ1v) is 6.79. The van der Waals surface area contributed by atoms with E-state index in [1.54, 1.807) is 7.11 Å². The summed E-state index contributed by atoms with van der Waals surface area (Å²) in [4.78, 5) is 13.5. The van der Waals surface area contributed by atoms with E-state index in [0.29, 0.717) is 12.6 Å². The van der Waals surface area contributed by atoms with Crippen LogP contribution in [0.2, 0.25) is 0 Å². The van der Waals surface area contributed by atoms with E-state index >= 15 is 0 Å². The smallest absolute Gasteiger partial charge is 0.322 e. The minimum absolute atomic E-state index is 0.124. The molecule has 1 saturated heterocycles. The van der Waals surface area contributed by atoms with Crippen molar-refractivity contribution in [2.24, 2.45) is 0 Å². The molecule has 0 aromatic rings. The largest absolute Gasteiger partial charge is 0.480 e. The molecular formula is C13H24N2O3. The van der Waals surface area contributed by atoms with Crippen molar-refractivity contribution >= 4 is 5.97 Å². The molecule has 1 aliphatic carbocycles. The highest BCUT2D eigenvalue weighted by Crippen LogP contribution is 2.24. The molecule has 2 aliphatic rings. The molecule has 0 radical (unpaired) electrons. The SMILES string of the molecule is COC1(C)CCCN(CC(NC2CC2)C(=O)O)C1. The van der Waals surface area contributed by atoms with E-state index in [1.165, 1.54) is 0 Å². The van der Waals surface area contributed by atoms with Crippen molar-refractivity contribution in [3.05, 3.63) is 0 Å². The van der Waals surface area contributed by atoms with Crippen molar-refractivity contribution in [1.29, 1.82) is 0 Å². The maximum absolute atomic E-state index is 11.2. The number of ether oxygens (including phenoxy) is 1. The number of carbonyl (C=O) groups is 1. The van der Waals surface area contributed by atoms with E-state index < -0.39 is 12.0 Å². The van der Waals surface area contributed by atoms with Crippen LogP contribution < -0.4 is 5.32 Å². The molecule has 2 N–H and O–H groups in total. The van der Waals surface area contributed by atoms with Gasteiger partial charge in [0, 0.05) is 26.2 Å². The Morgan fingerprint density at radius 1 is 1.61 bits per heavy atom. The normalized spacial score (nSPS) is 31.2. The summed E-state index contributed by atoms with van der Waals surface area (Å²) in [7, 11) is 1.74. The zero-order valence-corrected chi connectivity index (χ0v) is 11.3. The Kier molecular flexibility index (Phi) is 4.25. The predicted octanol–water partition coefficient (Wildman–Crippen LogP) is 0.693. The molecule has 2 fully saturated rings. The number of rotatable bonds is 6. The number of aliphatic carboxylic acids is 1. The zero-order valence-electron chi connectivity index (χ0n) is 11.3. The van der Waals surface area contributed by atoms with Gasteiger partial charge >= 0.3 is 5.97 Å². The van der Waals surface area contributed by atoms with Gasteiger partial charge in [-0.2, -0.15) is 0 Å². The maximum atomic E-state index is 11.2. The molecule has 18 heavy (non-hydrogen) atoms. The summed E-state index contributed by atoms with van der Waals surface area (Å²) in [6.45, 7) is 4.46. The molecule has 0 aromatic carbocycles. The van der Waals surface area contributed by atoms with Crippen molar-refractivity contribution in [3.63, 3.8) is 0 Å². The number of carboxylic acids is 1. The van der Waals surface area contributed by atoms with Crippen molar-refractivity contribution in [2.75, 3.05) is 26.7 Å². The molecular weight excluding hydrogens is 232 g/mol. The lowest BCUT2D eigenvalue weighted by Gasteiger charge is -2.40. The molecule has 2 unspecified atom stereocenters. The fourth-order valence-electron chi connectivity index (χ4n) is 2.62. The van der Waals surface area contributed by atoms with Crippen molar-refractivity contribution in [3.8, 4) is 0 Å². The van der Waals surface area contributed by atoms with Gasteiger partial charge in [0.15, 0.2) is 0 Å². The summed E-state index contributed by atoms with van der Waals surface area (Å²) >= 11 is 0. The van der Waals surface area contributed by atoms with Crippen LogP contribution in [-0.2, 0) is 9.53 Å². The van der Waals surface area contributed by atoms with Crippen LogP contribution in [-0.4, -0.2) is 60.4 Å². The average molecular weight is 256 g/mol. The van der Waals surface area contributed by atoms with Gasteiger partial charge in [-0.1, -0.05) is 0 Å². The summed E-state index contributed by atoms with van der Waals surface area (Å²) in [6.07, 6.45) is 4.34. The summed E-state index contributed by atoms with van der Waals surface area (Å²) in [5, 5.41) is 12.4. The second-order valence-corrected chi connectivity index (χ2v) is 5.82. The maximum Gasteiger partial charge on any atom is 0.322 e. The number of likely N-dealkylation sites (tertiary alicyclic amines) is 1. The van der Waals surface area contributed by atoms with Crippen LogP contribution in [0.5, 0.6) is 0 Å². The molecule has 5 heteroatoms. The van der Waals surface area contributed by atoms with Crippen LogP contribution in [0.4, 0.5) is 0 Å². The Morgan fingerprint density at radius 3 is 2.89 bits per heavy atom. The number of hydrogen-bond acceptors (Lipinski definition) is 4. The molecule has 0 amide bonds. The number of piperidine rings is 1. The van der Waals surface area contributed by atoms with Crippen molar-refractivity contribution in [1.82, 2.24) is 10.2 Å². The van der Waals surface area contributed by atoms with Crippen LogP contribution in [0.3, 0.4) is 0 Å². The minimum Gasteiger partial charge on any atom is -0.480 e. The lowest BCUT2D eigenvalue weighted by Crippen LogP contribution is -2.53. The minimum atomic E-state index is -0.744. The molecule has 0 aromatic heterocycles. The molecule has 2 atom stereocenters. The number of methoxy groups -OCH3 is 1. The van der Waals surface area contributed by atoms with E-state index in [9.17, 15) is 9.90 Å². The summed E-state index contributed by atoms with van der Waals surface area (Å²) in [5.41, 5.74) is -0.124. The molecule has 0 spiro atoms.